The molecule has 0 atom stereocenters. The van der Waals surface area contributed by atoms with E-state index in [-0.39, 0.29) is 17.1 Å². The number of hydrogen-bond donors (Lipinski definition) is 2. The fraction of sp³-hybridized carbons (Fsp3) is 0.536. The summed E-state index contributed by atoms with van der Waals surface area (Å²) in [4.78, 5) is 31.5. The highest BCUT2D eigenvalue weighted by atomic mass is 16.1. The minimum atomic E-state index is -0.235. The monoisotopic (exact) mass is 449 g/mol. The van der Waals surface area contributed by atoms with E-state index in [1.165, 1.54) is 16.7 Å². The number of benzene rings is 1. The first-order valence-electron chi connectivity index (χ1n) is 12.1. The van der Waals surface area contributed by atoms with Gasteiger partial charge in [0.1, 0.15) is 5.78 Å². The lowest BCUT2D eigenvalue weighted by molar-refractivity contribution is -0.117. The van der Waals surface area contributed by atoms with Gasteiger partial charge in [-0.05, 0) is 93.7 Å². The summed E-state index contributed by atoms with van der Waals surface area (Å²) in [6.45, 7) is 13.3. The maximum absolute atomic E-state index is 12.9. The van der Waals surface area contributed by atoms with Crippen LogP contribution in [0, 0.1) is 12.3 Å². The van der Waals surface area contributed by atoms with Gasteiger partial charge >= 0.3 is 0 Å². The van der Waals surface area contributed by atoms with Gasteiger partial charge in [-0.25, -0.2) is 4.98 Å². The number of Topliss-reactive ketones (excluding diaryl/α,β-unsaturated/α-hetero) is 2. The quantitative estimate of drug-likeness (QED) is 0.348. The standard InChI is InChI=1S/C28H39N3O2/c1-19-18-29-26(31-19)25(33)16-22-9-10-23(28(5,6)30-15-7-8-20(2)32)17-24(22)21-11-13-27(3,4)14-12-21/h9-11,17-18,30H,7-8,12-16H2,1-6H3,(H,29,31). The number of carbonyl (C=O) groups is 2. The summed E-state index contributed by atoms with van der Waals surface area (Å²) in [7, 11) is 0. The van der Waals surface area contributed by atoms with Crippen molar-refractivity contribution in [3.8, 4) is 0 Å². The first kappa shape index (κ1) is 25.1. The van der Waals surface area contributed by atoms with Crippen LogP contribution in [-0.2, 0) is 16.8 Å². The number of carbonyl (C=O) groups excluding carboxylic acids is 2. The normalized spacial score (nSPS) is 15.9. The Balaban J connectivity index is 1.89. The van der Waals surface area contributed by atoms with Crippen molar-refractivity contribution < 1.29 is 9.59 Å². The second kappa shape index (κ2) is 10.2. The van der Waals surface area contributed by atoms with Gasteiger partial charge in [-0.15, -0.1) is 0 Å². The highest BCUT2D eigenvalue weighted by Crippen LogP contribution is 2.40. The second-order valence-corrected chi connectivity index (χ2v) is 10.8. The van der Waals surface area contributed by atoms with Gasteiger partial charge in [0.15, 0.2) is 5.82 Å². The average Bonchev–Trinajstić information content (AvgIpc) is 3.18. The number of aryl methyl sites for hydroxylation is 1. The minimum absolute atomic E-state index is 0.00968. The summed E-state index contributed by atoms with van der Waals surface area (Å²) in [6.07, 6.45) is 9.03. The van der Waals surface area contributed by atoms with E-state index in [1.54, 1.807) is 13.1 Å². The van der Waals surface area contributed by atoms with Crippen molar-refractivity contribution in [1.82, 2.24) is 15.3 Å². The van der Waals surface area contributed by atoms with Crippen molar-refractivity contribution in [3.63, 3.8) is 0 Å². The molecule has 0 saturated carbocycles. The van der Waals surface area contributed by atoms with Crippen LogP contribution in [0.5, 0.6) is 0 Å². The van der Waals surface area contributed by atoms with Gasteiger partial charge < -0.3 is 15.1 Å². The Hall–Kier alpha value is -2.53. The smallest absolute Gasteiger partial charge is 0.202 e. The van der Waals surface area contributed by atoms with Gasteiger partial charge in [0.2, 0.25) is 5.78 Å². The van der Waals surface area contributed by atoms with Crippen molar-refractivity contribution in [2.45, 2.75) is 85.6 Å². The highest BCUT2D eigenvalue weighted by Gasteiger charge is 2.26. The van der Waals surface area contributed by atoms with Crippen LogP contribution in [-0.4, -0.2) is 28.1 Å². The van der Waals surface area contributed by atoms with Gasteiger partial charge in [0.25, 0.3) is 0 Å². The largest absolute Gasteiger partial charge is 0.340 e. The summed E-state index contributed by atoms with van der Waals surface area (Å²) in [5, 5.41) is 3.61. The van der Waals surface area contributed by atoms with E-state index < -0.39 is 0 Å². The molecule has 0 amide bonds. The van der Waals surface area contributed by atoms with Gasteiger partial charge in [-0.3, -0.25) is 4.79 Å². The molecular formula is C28H39N3O2. The first-order valence-corrected chi connectivity index (χ1v) is 12.1. The zero-order chi connectivity index (χ0) is 24.2. The van der Waals surface area contributed by atoms with Crippen LogP contribution in [0.2, 0.25) is 0 Å². The van der Waals surface area contributed by atoms with E-state index in [4.69, 9.17) is 0 Å². The van der Waals surface area contributed by atoms with Crippen molar-refractivity contribution in [2.24, 2.45) is 5.41 Å². The zero-order valence-corrected chi connectivity index (χ0v) is 21.1. The van der Waals surface area contributed by atoms with E-state index in [2.05, 4.69) is 67.3 Å². The van der Waals surface area contributed by atoms with Crippen molar-refractivity contribution in [2.75, 3.05) is 6.54 Å². The topological polar surface area (TPSA) is 74.8 Å². The van der Waals surface area contributed by atoms with Gasteiger partial charge in [-0.1, -0.05) is 32.1 Å². The molecule has 1 aromatic carbocycles. The third-order valence-electron chi connectivity index (χ3n) is 6.74. The van der Waals surface area contributed by atoms with E-state index >= 15 is 0 Å². The molecule has 0 fully saturated rings. The minimum Gasteiger partial charge on any atom is -0.340 e. The van der Waals surface area contributed by atoms with Crippen LogP contribution in [0.25, 0.3) is 5.57 Å². The van der Waals surface area contributed by atoms with Crippen LogP contribution in [0.4, 0.5) is 0 Å². The predicted molar refractivity (Wildman–Crippen MR) is 134 cm³/mol. The Bertz CT molecular complexity index is 1040. The summed E-state index contributed by atoms with van der Waals surface area (Å²) in [5.74, 6) is 0.661. The predicted octanol–water partition coefficient (Wildman–Crippen LogP) is 5.93. The number of imidazole rings is 1. The molecule has 1 heterocycles. The number of ketones is 2. The molecule has 0 unspecified atom stereocenters. The molecule has 0 bridgehead atoms. The summed E-state index contributed by atoms with van der Waals surface area (Å²) in [5.41, 5.74) is 5.73. The van der Waals surface area contributed by atoms with Crippen LogP contribution in [0.1, 0.15) is 99.7 Å². The fourth-order valence-corrected chi connectivity index (χ4v) is 4.39. The van der Waals surface area contributed by atoms with E-state index in [0.29, 0.717) is 24.1 Å². The number of rotatable bonds is 10. The van der Waals surface area contributed by atoms with Crippen molar-refractivity contribution in [1.29, 1.82) is 0 Å². The number of aromatic amines is 1. The molecule has 2 aromatic rings. The van der Waals surface area contributed by atoms with Gasteiger partial charge in [0, 0.05) is 30.3 Å². The number of aromatic nitrogens is 2. The van der Waals surface area contributed by atoms with Gasteiger partial charge in [0.05, 0.1) is 0 Å². The molecule has 3 rings (SSSR count). The van der Waals surface area contributed by atoms with Crippen molar-refractivity contribution >= 4 is 17.1 Å². The zero-order valence-electron chi connectivity index (χ0n) is 21.1. The molecule has 5 nitrogen and oxygen atoms in total. The lowest BCUT2D eigenvalue weighted by atomic mass is 9.75. The van der Waals surface area contributed by atoms with E-state index in [1.807, 2.05) is 6.92 Å². The van der Waals surface area contributed by atoms with Crippen LogP contribution in [0.3, 0.4) is 0 Å². The number of H-pyrrole nitrogens is 1. The van der Waals surface area contributed by atoms with Gasteiger partial charge in [-0.2, -0.15) is 0 Å². The Labute approximate surface area is 198 Å². The number of hydrogen-bond acceptors (Lipinski definition) is 4. The van der Waals surface area contributed by atoms with E-state index in [9.17, 15) is 9.59 Å². The van der Waals surface area contributed by atoms with Crippen LogP contribution >= 0.6 is 0 Å². The second-order valence-electron chi connectivity index (χ2n) is 10.8. The fourth-order valence-electron chi connectivity index (χ4n) is 4.39. The molecule has 0 radical (unpaired) electrons. The highest BCUT2D eigenvalue weighted by molar-refractivity contribution is 5.95. The SMILES string of the molecule is CC(=O)CCCNC(C)(C)c1ccc(CC(=O)c2ncc(C)[nH]2)c(C2=CCC(C)(C)CC2)c1. The maximum Gasteiger partial charge on any atom is 0.202 e. The summed E-state index contributed by atoms with van der Waals surface area (Å²) >= 11 is 0. The number of nitrogens with one attached hydrogen (secondary N) is 2. The Morgan fingerprint density at radius 2 is 2.00 bits per heavy atom. The number of allylic oxidation sites excluding steroid dienone is 2. The third kappa shape index (κ3) is 6.73. The molecule has 5 heteroatoms. The lowest BCUT2D eigenvalue weighted by Gasteiger charge is -2.31. The molecular weight excluding hydrogens is 410 g/mol. The molecule has 1 aliphatic carbocycles. The molecule has 2 N–H and O–H groups in total. The third-order valence-corrected chi connectivity index (χ3v) is 6.74. The Morgan fingerprint density at radius 3 is 2.61 bits per heavy atom. The maximum atomic E-state index is 12.9. The molecule has 0 aliphatic heterocycles. The van der Waals surface area contributed by atoms with Crippen LogP contribution < -0.4 is 5.32 Å². The van der Waals surface area contributed by atoms with Crippen LogP contribution in [0.15, 0.2) is 30.5 Å². The molecule has 1 aliphatic rings. The molecule has 33 heavy (non-hydrogen) atoms. The summed E-state index contributed by atoms with van der Waals surface area (Å²) in [6, 6.07) is 6.50. The molecule has 178 valence electrons. The number of nitrogens with zero attached hydrogens (tertiary/aromatic N) is 1. The molecule has 0 saturated heterocycles. The lowest BCUT2D eigenvalue weighted by Crippen LogP contribution is -2.37. The molecule has 1 aromatic heterocycles. The first-order chi connectivity index (χ1) is 15.5. The summed E-state index contributed by atoms with van der Waals surface area (Å²) < 4.78 is 0. The Morgan fingerprint density at radius 1 is 1.24 bits per heavy atom. The Kier molecular flexibility index (Phi) is 7.73. The average molecular weight is 450 g/mol. The van der Waals surface area contributed by atoms with E-state index in [0.717, 1.165) is 43.5 Å². The van der Waals surface area contributed by atoms with Crippen molar-refractivity contribution in [3.05, 3.63) is 58.7 Å². The molecule has 0 spiro atoms.